The minimum absolute atomic E-state index is 0. The second kappa shape index (κ2) is 11.8. The summed E-state index contributed by atoms with van der Waals surface area (Å²) in [4.78, 5) is 9.84. The van der Waals surface area contributed by atoms with Crippen molar-refractivity contribution in [1.82, 2.24) is 15.1 Å². The number of nitrogens with zero attached hydrogens (tertiary/aromatic N) is 3. The van der Waals surface area contributed by atoms with Crippen molar-refractivity contribution in [3.8, 4) is 0 Å². The van der Waals surface area contributed by atoms with Gasteiger partial charge in [-0.15, -0.1) is 24.0 Å². The molecule has 2 atom stereocenters. The van der Waals surface area contributed by atoms with Crippen LogP contribution in [0.5, 0.6) is 0 Å². The molecule has 1 aromatic carbocycles. The van der Waals surface area contributed by atoms with Crippen molar-refractivity contribution in [2.24, 2.45) is 4.99 Å². The molecule has 2 unspecified atom stereocenters. The van der Waals surface area contributed by atoms with E-state index >= 15 is 0 Å². The van der Waals surface area contributed by atoms with Crippen LogP contribution in [0.25, 0.3) is 0 Å². The molecule has 158 valence electrons. The zero-order valence-electron chi connectivity index (χ0n) is 16.7. The van der Waals surface area contributed by atoms with Crippen molar-refractivity contribution in [2.45, 2.75) is 32.2 Å². The molecule has 0 saturated carbocycles. The first kappa shape index (κ1) is 24.0. The van der Waals surface area contributed by atoms with Crippen LogP contribution in [0.1, 0.15) is 31.7 Å². The lowest BCUT2D eigenvalue weighted by Crippen LogP contribution is -2.46. The van der Waals surface area contributed by atoms with Crippen LogP contribution >= 0.6 is 47.2 Å². The van der Waals surface area contributed by atoms with Gasteiger partial charge in [0.2, 0.25) is 0 Å². The van der Waals surface area contributed by atoms with Gasteiger partial charge in [0.15, 0.2) is 5.96 Å². The highest BCUT2D eigenvalue weighted by molar-refractivity contribution is 14.0. The number of hydrogen-bond donors (Lipinski definition) is 1. The van der Waals surface area contributed by atoms with Gasteiger partial charge in [-0.1, -0.05) is 36.2 Å². The summed E-state index contributed by atoms with van der Waals surface area (Å²) < 4.78 is 5.49. The summed E-state index contributed by atoms with van der Waals surface area (Å²) in [6.07, 6.45) is 1.18. The standard InChI is InChI=1S/C20H30Cl2N4O.HI/c1-3-23-20(24-13-15(2)19-17(21)5-4-6-18(19)22)26-8-7-16(14-26)25-9-11-27-12-10-25;/h4-6,15-16H,3,7-14H2,1-2H3,(H,23,24);1H. The maximum atomic E-state index is 6.36. The van der Waals surface area contributed by atoms with Crippen LogP contribution < -0.4 is 5.32 Å². The van der Waals surface area contributed by atoms with Crippen LogP contribution in [-0.4, -0.2) is 74.3 Å². The van der Waals surface area contributed by atoms with Crippen LogP contribution in [0.3, 0.4) is 0 Å². The minimum Gasteiger partial charge on any atom is -0.379 e. The molecule has 3 rings (SSSR count). The SMILES string of the molecule is CCNC(=NCC(C)c1c(Cl)cccc1Cl)N1CCC(N2CCOCC2)C1.I. The Morgan fingerprint density at radius 3 is 2.57 bits per heavy atom. The largest absolute Gasteiger partial charge is 0.379 e. The zero-order chi connectivity index (χ0) is 19.2. The molecule has 2 fully saturated rings. The molecule has 28 heavy (non-hydrogen) atoms. The highest BCUT2D eigenvalue weighted by atomic mass is 127. The Hall–Kier alpha value is -0.280. The predicted molar refractivity (Wildman–Crippen MR) is 129 cm³/mol. The van der Waals surface area contributed by atoms with Gasteiger partial charge in [0.25, 0.3) is 0 Å². The number of hydrogen-bond acceptors (Lipinski definition) is 3. The number of halogens is 3. The summed E-state index contributed by atoms with van der Waals surface area (Å²) in [5.41, 5.74) is 0.980. The van der Waals surface area contributed by atoms with Crippen molar-refractivity contribution in [1.29, 1.82) is 0 Å². The number of nitrogens with one attached hydrogen (secondary N) is 1. The van der Waals surface area contributed by atoms with Crippen LogP contribution in [0.2, 0.25) is 10.0 Å². The third kappa shape index (κ3) is 6.11. The summed E-state index contributed by atoms with van der Waals surface area (Å²) >= 11 is 12.7. The average molecular weight is 541 g/mol. The summed E-state index contributed by atoms with van der Waals surface area (Å²) in [6, 6.07) is 6.25. The maximum Gasteiger partial charge on any atom is 0.193 e. The predicted octanol–water partition coefficient (Wildman–Crippen LogP) is 4.09. The quantitative estimate of drug-likeness (QED) is 0.347. The fraction of sp³-hybridized carbons (Fsp3) is 0.650. The van der Waals surface area contributed by atoms with E-state index in [1.165, 1.54) is 6.42 Å². The van der Waals surface area contributed by atoms with Crippen LogP contribution in [0.4, 0.5) is 0 Å². The van der Waals surface area contributed by atoms with Crippen molar-refractivity contribution >= 4 is 53.1 Å². The number of guanidine groups is 1. The Balaban J connectivity index is 0.00000280. The highest BCUT2D eigenvalue weighted by Crippen LogP contribution is 2.31. The Morgan fingerprint density at radius 1 is 1.25 bits per heavy atom. The molecule has 2 heterocycles. The first-order valence-corrected chi connectivity index (χ1v) is 10.6. The van der Waals surface area contributed by atoms with Crippen LogP contribution in [0.15, 0.2) is 23.2 Å². The highest BCUT2D eigenvalue weighted by Gasteiger charge is 2.30. The monoisotopic (exact) mass is 540 g/mol. The molecule has 1 aromatic rings. The number of likely N-dealkylation sites (tertiary alicyclic amines) is 1. The molecule has 0 spiro atoms. The Bertz CT molecular complexity index is 635. The van der Waals surface area contributed by atoms with Gasteiger partial charge < -0.3 is 15.0 Å². The van der Waals surface area contributed by atoms with E-state index in [-0.39, 0.29) is 29.9 Å². The molecule has 1 N–H and O–H groups in total. The van der Waals surface area contributed by atoms with Gasteiger partial charge in [-0.05, 0) is 31.0 Å². The molecular weight excluding hydrogens is 510 g/mol. The van der Waals surface area contributed by atoms with E-state index in [0.29, 0.717) is 22.6 Å². The van der Waals surface area contributed by atoms with Gasteiger partial charge >= 0.3 is 0 Å². The van der Waals surface area contributed by atoms with Gasteiger partial charge in [-0.3, -0.25) is 9.89 Å². The maximum absolute atomic E-state index is 6.36. The summed E-state index contributed by atoms with van der Waals surface area (Å²) in [5, 5.41) is 4.87. The van der Waals surface area contributed by atoms with E-state index in [4.69, 9.17) is 32.9 Å². The molecule has 2 aliphatic rings. The van der Waals surface area contributed by atoms with Gasteiger partial charge in [0, 0.05) is 61.3 Å². The van der Waals surface area contributed by atoms with Gasteiger partial charge in [-0.25, -0.2) is 0 Å². The van der Waals surface area contributed by atoms with E-state index < -0.39 is 0 Å². The first-order valence-electron chi connectivity index (χ1n) is 9.89. The molecule has 0 aromatic heterocycles. The van der Waals surface area contributed by atoms with Crippen molar-refractivity contribution in [3.05, 3.63) is 33.8 Å². The molecular formula is C20H31Cl2IN4O. The number of rotatable bonds is 5. The second-order valence-corrected chi connectivity index (χ2v) is 8.08. The lowest BCUT2D eigenvalue weighted by atomic mass is 10.0. The Morgan fingerprint density at radius 2 is 1.93 bits per heavy atom. The van der Waals surface area contributed by atoms with E-state index in [2.05, 4.69) is 29.0 Å². The first-order chi connectivity index (χ1) is 13.1. The van der Waals surface area contributed by atoms with Crippen LogP contribution in [0, 0.1) is 0 Å². The van der Waals surface area contributed by atoms with Gasteiger partial charge in [-0.2, -0.15) is 0 Å². The fourth-order valence-corrected chi connectivity index (χ4v) is 4.67. The lowest BCUT2D eigenvalue weighted by Gasteiger charge is -2.32. The van der Waals surface area contributed by atoms with Gasteiger partial charge in [0.05, 0.1) is 13.2 Å². The fourth-order valence-electron chi connectivity index (χ4n) is 3.90. The number of ether oxygens (including phenoxy) is 1. The lowest BCUT2D eigenvalue weighted by molar-refractivity contribution is 0.0195. The zero-order valence-corrected chi connectivity index (χ0v) is 20.5. The van der Waals surface area contributed by atoms with E-state index in [1.54, 1.807) is 0 Å². The van der Waals surface area contributed by atoms with Crippen molar-refractivity contribution in [2.75, 3.05) is 52.5 Å². The molecule has 2 saturated heterocycles. The van der Waals surface area contributed by atoms with Crippen LogP contribution in [-0.2, 0) is 4.74 Å². The third-order valence-electron chi connectivity index (χ3n) is 5.37. The van der Waals surface area contributed by atoms with Crippen molar-refractivity contribution in [3.63, 3.8) is 0 Å². The van der Waals surface area contributed by atoms with E-state index in [9.17, 15) is 0 Å². The normalized spacial score (nSPS) is 22.1. The molecule has 2 aliphatic heterocycles. The van der Waals surface area contributed by atoms with E-state index in [1.807, 2.05) is 18.2 Å². The molecule has 0 bridgehead atoms. The van der Waals surface area contributed by atoms with E-state index in [0.717, 1.165) is 57.5 Å². The molecule has 0 amide bonds. The molecule has 0 aliphatic carbocycles. The smallest absolute Gasteiger partial charge is 0.193 e. The minimum atomic E-state index is 0. The molecule has 5 nitrogen and oxygen atoms in total. The number of morpholine rings is 1. The Labute approximate surface area is 195 Å². The summed E-state index contributed by atoms with van der Waals surface area (Å²) in [6.45, 7) is 11.6. The molecule has 8 heteroatoms. The third-order valence-corrected chi connectivity index (χ3v) is 6.03. The number of benzene rings is 1. The number of aliphatic imine (C=N–C) groups is 1. The molecule has 0 radical (unpaired) electrons. The van der Waals surface area contributed by atoms with Crippen molar-refractivity contribution < 1.29 is 4.74 Å². The topological polar surface area (TPSA) is 40.1 Å². The average Bonchev–Trinajstić information content (AvgIpc) is 3.16. The second-order valence-electron chi connectivity index (χ2n) is 7.27. The summed E-state index contributed by atoms with van der Waals surface area (Å²) in [7, 11) is 0. The van der Waals surface area contributed by atoms with Gasteiger partial charge in [0.1, 0.15) is 0 Å². The summed E-state index contributed by atoms with van der Waals surface area (Å²) in [5.74, 6) is 1.15. The Kier molecular flexibility index (Phi) is 10.1.